The van der Waals surface area contributed by atoms with Crippen molar-refractivity contribution in [1.29, 1.82) is 0 Å². The zero-order chi connectivity index (χ0) is 13.4. The first-order valence-corrected chi connectivity index (χ1v) is 6.29. The van der Waals surface area contributed by atoms with Crippen molar-refractivity contribution in [3.63, 3.8) is 0 Å². The Kier molecular flexibility index (Phi) is 6.39. The van der Waals surface area contributed by atoms with E-state index in [0.717, 1.165) is 24.1 Å². The highest BCUT2D eigenvalue weighted by molar-refractivity contribution is 5.70. The van der Waals surface area contributed by atoms with Crippen LogP contribution in [-0.2, 0) is 17.8 Å². The largest absolute Gasteiger partial charge is 0.481 e. The summed E-state index contributed by atoms with van der Waals surface area (Å²) in [7, 11) is 0. The second-order valence-electron chi connectivity index (χ2n) is 4.34. The lowest BCUT2D eigenvalue weighted by Gasteiger charge is -2.21. The Morgan fingerprint density at radius 2 is 1.89 bits per heavy atom. The van der Waals surface area contributed by atoms with E-state index in [1.807, 2.05) is 24.3 Å². The van der Waals surface area contributed by atoms with Gasteiger partial charge in [0.25, 0.3) is 0 Å². The number of benzene rings is 1. The van der Waals surface area contributed by atoms with Crippen LogP contribution in [0.4, 0.5) is 0 Å². The maximum Gasteiger partial charge on any atom is 0.307 e. The molecule has 0 aliphatic carbocycles. The Morgan fingerprint density at radius 1 is 1.22 bits per heavy atom. The van der Waals surface area contributed by atoms with Gasteiger partial charge in [-0.05, 0) is 24.1 Å². The highest BCUT2D eigenvalue weighted by Crippen LogP contribution is 2.13. The Hall–Kier alpha value is -1.39. The second kappa shape index (κ2) is 7.84. The van der Waals surface area contributed by atoms with Crippen LogP contribution < -0.4 is 0 Å². The summed E-state index contributed by atoms with van der Waals surface area (Å²) in [6, 6.07) is 7.59. The lowest BCUT2D eigenvalue weighted by Crippen LogP contribution is -2.27. The average Bonchev–Trinajstić information content (AvgIpc) is 2.31. The SMILES string of the molecule is CCCN(CCO)Cc1ccccc1CC(=O)O. The summed E-state index contributed by atoms with van der Waals surface area (Å²) in [5.41, 5.74) is 1.88. The number of aliphatic carboxylic acids is 1. The number of hydrogen-bond donors (Lipinski definition) is 2. The fourth-order valence-electron chi connectivity index (χ4n) is 2.02. The molecule has 0 saturated heterocycles. The predicted molar refractivity (Wildman–Crippen MR) is 70.4 cm³/mol. The Balaban J connectivity index is 2.77. The normalized spacial score (nSPS) is 10.8. The predicted octanol–water partition coefficient (Wildman–Crippen LogP) is 1.52. The molecular weight excluding hydrogens is 230 g/mol. The second-order valence-corrected chi connectivity index (χ2v) is 4.34. The van der Waals surface area contributed by atoms with Crippen LogP contribution in [0.25, 0.3) is 0 Å². The molecule has 100 valence electrons. The molecule has 0 atom stereocenters. The zero-order valence-electron chi connectivity index (χ0n) is 10.8. The molecule has 18 heavy (non-hydrogen) atoms. The van der Waals surface area contributed by atoms with Gasteiger partial charge in [-0.2, -0.15) is 0 Å². The van der Waals surface area contributed by atoms with E-state index in [1.54, 1.807) is 0 Å². The molecule has 0 unspecified atom stereocenters. The van der Waals surface area contributed by atoms with Crippen LogP contribution in [0.1, 0.15) is 24.5 Å². The van der Waals surface area contributed by atoms with Gasteiger partial charge in [-0.3, -0.25) is 9.69 Å². The summed E-state index contributed by atoms with van der Waals surface area (Å²) in [6.07, 6.45) is 1.07. The molecule has 0 spiro atoms. The average molecular weight is 251 g/mol. The van der Waals surface area contributed by atoms with Crippen molar-refractivity contribution in [2.75, 3.05) is 19.7 Å². The van der Waals surface area contributed by atoms with E-state index < -0.39 is 5.97 Å². The van der Waals surface area contributed by atoms with Crippen molar-refractivity contribution in [2.24, 2.45) is 0 Å². The molecule has 2 N–H and O–H groups in total. The minimum atomic E-state index is -0.813. The van der Waals surface area contributed by atoms with Crippen LogP contribution in [0.3, 0.4) is 0 Å². The third kappa shape index (κ3) is 4.85. The van der Waals surface area contributed by atoms with Gasteiger partial charge in [-0.1, -0.05) is 31.2 Å². The van der Waals surface area contributed by atoms with Crippen LogP contribution in [0.15, 0.2) is 24.3 Å². The maximum atomic E-state index is 10.8. The van der Waals surface area contributed by atoms with E-state index in [1.165, 1.54) is 0 Å². The van der Waals surface area contributed by atoms with E-state index in [2.05, 4.69) is 11.8 Å². The Bertz CT molecular complexity index is 373. The van der Waals surface area contributed by atoms with E-state index in [9.17, 15) is 4.79 Å². The maximum absolute atomic E-state index is 10.8. The summed E-state index contributed by atoms with van der Waals surface area (Å²) >= 11 is 0. The molecule has 0 aliphatic heterocycles. The summed E-state index contributed by atoms with van der Waals surface area (Å²) in [5.74, 6) is -0.813. The number of carboxylic acids is 1. The number of nitrogens with zero attached hydrogens (tertiary/aromatic N) is 1. The number of hydrogen-bond acceptors (Lipinski definition) is 3. The molecule has 0 radical (unpaired) electrons. The Morgan fingerprint density at radius 3 is 2.44 bits per heavy atom. The minimum absolute atomic E-state index is 0.0509. The Labute approximate surface area is 108 Å². The first-order chi connectivity index (χ1) is 8.67. The lowest BCUT2D eigenvalue weighted by atomic mass is 10.0. The van der Waals surface area contributed by atoms with Crippen LogP contribution in [-0.4, -0.2) is 40.8 Å². The summed E-state index contributed by atoms with van der Waals surface area (Å²) in [5, 5.41) is 17.9. The fourth-order valence-corrected chi connectivity index (χ4v) is 2.02. The third-order valence-corrected chi connectivity index (χ3v) is 2.81. The van der Waals surface area contributed by atoms with Gasteiger partial charge in [0.15, 0.2) is 0 Å². The smallest absolute Gasteiger partial charge is 0.307 e. The van der Waals surface area contributed by atoms with Crippen molar-refractivity contribution in [3.05, 3.63) is 35.4 Å². The molecule has 0 heterocycles. The van der Waals surface area contributed by atoms with Gasteiger partial charge in [-0.15, -0.1) is 0 Å². The molecule has 0 amide bonds. The zero-order valence-corrected chi connectivity index (χ0v) is 10.8. The van der Waals surface area contributed by atoms with Gasteiger partial charge in [0.05, 0.1) is 13.0 Å². The fraction of sp³-hybridized carbons (Fsp3) is 0.500. The molecular formula is C14H21NO3. The number of carbonyl (C=O) groups is 1. The van der Waals surface area contributed by atoms with E-state index in [4.69, 9.17) is 10.2 Å². The molecule has 1 aromatic rings. The minimum Gasteiger partial charge on any atom is -0.481 e. The van der Waals surface area contributed by atoms with Gasteiger partial charge in [0, 0.05) is 13.1 Å². The molecule has 1 aromatic carbocycles. The van der Waals surface area contributed by atoms with Crippen LogP contribution in [0.5, 0.6) is 0 Å². The van der Waals surface area contributed by atoms with Crippen molar-refractivity contribution in [1.82, 2.24) is 4.90 Å². The molecule has 0 saturated carbocycles. The van der Waals surface area contributed by atoms with Crippen molar-refractivity contribution < 1.29 is 15.0 Å². The number of carboxylic acid groups (broad SMARTS) is 1. The summed E-state index contributed by atoms with van der Waals surface area (Å²) < 4.78 is 0. The van der Waals surface area contributed by atoms with E-state index >= 15 is 0 Å². The molecule has 0 bridgehead atoms. The van der Waals surface area contributed by atoms with Gasteiger partial charge in [0.2, 0.25) is 0 Å². The van der Waals surface area contributed by atoms with Crippen molar-refractivity contribution in [2.45, 2.75) is 26.3 Å². The van der Waals surface area contributed by atoms with Crippen molar-refractivity contribution >= 4 is 5.97 Å². The molecule has 0 aliphatic rings. The standard InChI is InChI=1S/C14H21NO3/c1-2-7-15(8-9-16)11-13-6-4-3-5-12(13)10-14(17)18/h3-6,16H,2,7-11H2,1H3,(H,17,18). The van der Waals surface area contributed by atoms with Crippen LogP contribution in [0.2, 0.25) is 0 Å². The number of aliphatic hydroxyl groups excluding tert-OH is 1. The molecule has 4 heteroatoms. The van der Waals surface area contributed by atoms with Gasteiger partial charge >= 0.3 is 5.97 Å². The van der Waals surface area contributed by atoms with E-state index in [-0.39, 0.29) is 13.0 Å². The van der Waals surface area contributed by atoms with Gasteiger partial charge in [0.1, 0.15) is 0 Å². The first-order valence-electron chi connectivity index (χ1n) is 6.29. The van der Waals surface area contributed by atoms with E-state index in [0.29, 0.717) is 13.1 Å². The molecule has 0 aromatic heterocycles. The number of aliphatic hydroxyl groups is 1. The topological polar surface area (TPSA) is 60.8 Å². The van der Waals surface area contributed by atoms with Crippen molar-refractivity contribution in [3.8, 4) is 0 Å². The quantitative estimate of drug-likeness (QED) is 0.735. The van der Waals surface area contributed by atoms with Gasteiger partial charge < -0.3 is 10.2 Å². The summed E-state index contributed by atoms with van der Waals surface area (Å²) in [4.78, 5) is 12.9. The van der Waals surface area contributed by atoms with Crippen LogP contribution in [0, 0.1) is 0 Å². The van der Waals surface area contributed by atoms with Crippen LogP contribution >= 0.6 is 0 Å². The number of rotatable bonds is 8. The third-order valence-electron chi connectivity index (χ3n) is 2.81. The molecule has 4 nitrogen and oxygen atoms in total. The lowest BCUT2D eigenvalue weighted by molar-refractivity contribution is -0.136. The first kappa shape index (κ1) is 14.7. The highest BCUT2D eigenvalue weighted by atomic mass is 16.4. The highest BCUT2D eigenvalue weighted by Gasteiger charge is 2.10. The van der Waals surface area contributed by atoms with Gasteiger partial charge in [-0.25, -0.2) is 0 Å². The molecule has 1 rings (SSSR count). The summed E-state index contributed by atoms with van der Waals surface area (Å²) in [6.45, 7) is 4.43. The monoisotopic (exact) mass is 251 g/mol. The molecule has 0 fully saturated rings.